The molecule has 3 aromatic rings. The number of pyridine rings is 1. The summed E-state index contributed by atoms with van der Waals surface area (Å²) in [7, 11) is 0. The van der Waals surface area contributed by atoms with Gasteiger partial charge in [-0.2, -0.15) is 4.57 Å². The average Bonchev–Trinajstić information content (AvgIpc) is 2.72. The van der Waals surface area contributed by atoms with E-state index in [1.807, 2.05) is 0 Å². The number of aromatic nitrogens is 1. The lowest BCUT2D eigenvalue weighted by molar-refractivity contribution is -0.740. The quantitative estimate of drug-likeness (QED) is 0.449. The summed E-state index contributed by atoms with van der Waals surface area (Å²) in [5.74, 6) is 0. The van der Waals surface area contributed by atoms with Gasteiger partial charge in [-0.1, -0.05) is 64.1 Å². The Labute approximate surface area is 163 Å². The molecule has 1 aliphatic heterocycles. The molecular formula is C26H30N+. The van der Waals surface area contributed by atoms with Crippen LogP contribution in [0.15, 0.2) is 61.3 Å². The van der Waals surface area contributed by atoms with E-state index in [1.165, 1.54) is 51.6 Å². The van der Waals surface area contributed by atoms with Gasteiger partial charge in [0.2, 0.25) is 5.69 Å². The summed E-state index contributed by atoms with van der Waals surface area (Å²) < 4.78 is 2.52. The van der Waals surface area contributed by atoms with Gasteiger partial charge >= 0.3 is 0 Å². The highest BCUT2D eigenvalue weighted by molar-refractivity contribution is 5.98. The van der Waals surface area contributed by atoms with Crippen LogP contribution in [0.2, 0.25) is 0 Å². The SMILES string of the molecule is C=C1c2ccccc2-c2c3cccc(CCCC)c3cc[n+]2C1(CC)CC. The van der Waals surface area contributed by atoms with E-state index in [1.54, 1.807) is 0 Å². The van der Waals surface area contributed by atoms with Crippen LogP contribution in [0.3, 0.4) is 0 Å². The van der Waals surface area contributed by atoms with Crippen LogP contribution in [0.5, 0.6) is 0 Å². The second kappa shape index (κ2) is 6.96. The minimum absolute atomic E-state index is 0.0443. The van der Waals surface area contributed by atoms with Crippen LogP contribution in [-0.2, 0) is 12.0 Å². The molecule has 4 rings (SSSR count). The molecule has 138 valence electrons. The van der Waals surface area contributed by atoms with Gasteiger partial charge in [-0.05, 0) is 41.5 Å². The first-order valence-electron chi connectivity index (χ1n) is 10.4. The van der Waals surface area contributed by atoms with E-state index in [2.05, 4.69) is 86.6 Å². The standard InChI is InChI=1S/C26H30N/c1-5-8-12-20-13-11-16-24-22(20)17-18-27-25(24)23-15-10-9-14-21(23)19(4)26(27,6-2)7-3/h9-11,13-18H,4-8,12H2,1-3H3/q+1. The van der Waals surface area contributed by atoms with Crippen molar-refractivity contribution >= 4 is 16.3 Å². The van der Waals surface area contributed by atoms with Gasteiger partial charge in [0.25, 0.3) is 0 Å². The number of allylic oxidation sites excluding steroid dienone is 1. The van der Waals surface area contributed by atoms with E-state index >= 15 is 0 Å². The molecule has 0 spiro atoms. The summed E-state index contributed by atoms with van der Waals surface area (Å²) in [6, 6.07) is 18.0. The van der Waals surface area contributed by atoms with Crippen LogP contribution < -0.4 is 4.57 Å². The third kappa shape index (κ3) is 2.56. The predicted molar refractivity (Wildman–Crippen MR) is 116 cm³/mol. The molecule has 2 heterocycles. The van der Waals surface area contributed by atoms with E-state index in [4.69, 9.17) is 0 Å². The van der Waals surface area contributed by atoms with Crippen molar-refractivity contribution in [2.24, 2.45) is 0 Å². The molecule has 0 atom stereocenters. The number of hydrogen-bond donors (Lipinski definition) is 0. The summed E-state index contributed by atoms with van der Waals surface area (Å²) in [4.78, 5) is 0. The molecule has 0 fully saturated rings. The van der Waals surface area contributed by atoms with Crippen molar-refractivity contribution in [1.29, 1.82) is 0 Å². The maximum Gasteiger partial charge on any atom is 0.221 e. The number of rotatable bonds is 5. The Morgan fingerprint density at radius 1 is 0.852 bits per heavy atom. The first kappa shape index (κ1) is 18.0. The molecule has 2 aromatic carbocycles. The summed E-state index contributed by atoms with van der Waals surface area (Å²) >= 11 is 0. The van der Waals surface area contributed by atoms with Gasteiger partial charge in [0.1, 0.15) is 0 Å². The van der Waals surface area contributed by atoms with Crippen molar-refractivity contribution in [3.63, 3.8) is 0 Å². The van der Waals surface area contributed by atoms with Gasteiger partial charge in [-0.25, -0.2) is 0 Å². The highest BCUT2D eigenvalue weighted by Crippen LogP contribution is 2.45. The lowest BCUT2D eigenvalue weighted by Gasteiger charge is -2.35. The smallest absolute Gasteiger partial charge is 0.188 e. The van der Waals surface area contributed by atoms with Gasteiger partial charge < -0.3 is 0 Å². The van der Waals surface area contributed by atoms with Gasteiger partial charge in [-0.15, -0.1) is 0 Å². The van der Waals surface area contributed by atoms with Gasteiger partial charge in [0.05, 0.1) is 10.9 Å². The third-order valence-corrected chi connectivity index (χ3v) is 6.58. The number of aryl methyl sites for hydroxylation is 1. The first-order valence-corrected chi connectivity index (χ1v) is 10.4. The Hall–Kier alpha value is -2.41. The van der Waals surface area contributed by atoms with Gasteiger partial charge in [0.15, 0.2) is 11.7 Å². The largest absolute Gasteiger partial charge is 0.221 e. The number of fused-ring (bicyclic) bond motifs is 5. The zero-order chi connectivity index (χ0) is 19.0. The second-order valence-electron chi connectivity index (χ2n) is 7.78. The molecule has 0 aliphatic carbocycles. The number of hydrogen-bond acceptors (Lipinski definition) is 0. The molecule has 27 heavy (non-hydrogen) atoms. The van der Waals surface area contributed by atoms with Crippen molar-refractivity contribution in [3.8, 4) is 11.3 Å². The topological polar surface area (TPSA) is 3.88 Å². The molecule has 1 heteroatoms. The van der Waals surface area contributed by atoms with Crippen molar-refractivity contribution in [3.05, 3.63) is 72.4 Å². The molecule has 1 aliphatic rings. The fraction of sp³-hybridized carbons (Fsp3) is 0.346. The monoisotopic (exact) mass is 356 g/mol. The van der Waals surface area contributed by atoms with E-state index in [9.17, 15) is 0 Å². The van der Waals surface area contributed by atoms with Crippen LogP contribution >= 0.6 is 0 Å². The van der Waals surface area contributed by atoms with Gasteiger partial charge in [-0.3, -0.25) is 0 Å². The molecule has 0 saturated heterocycles. The Kier molecular flexibility index (Phi) is 4.63. The Balaban J connectivity index is 2.09. The molecule has 0 unspecified atom stereocenters. The van der Waals surface area contributed by atoms with Crippen LogP contribution in [0.25, 0.3) is 27.6 Å². The van der Waals surface area contributed by atoms with Crippen LogP contribution in [0.4, 0.5) is 0 Å². The third-order valence-electron chi connectivity index (χ3n) is 6.58. The Bertz CT molecular complexity index is 1010. The number of benzene rings is 2. The van der Waals surface area contributed by atoms with Crippen LogP contribution in [0.1, 0.15) is 57.6 Å². The zero-order valence-corrected chi connectivity index (χ0v) is 16.9. The van der Waals surface area contributed by atoms with Crippen molar-refractivity contribution in [2.75, 3.05) is 0 Å². The second-order valence-corrected chi connectivity index (χ2v) is 7.78. The molecular weight excluding hydrogens is 326 g/mol. The Morgan fingerprint density at radius 2 is 1.59 bits per heavy atom. The first-order chi connectivity index (χ1) is 13.2. The summed E-state index contributed by atoms with van der Waals surface area (Å²) in [6.45, 7) is 11.4. The molecule has 0 radical (unpaired) electrons. The van der Waals surface area contributed by atoms with E-state index < -0.39 is 0 Å². The van der Waals surface area contributed by atoms with Crippen LogP contribution in [-0.4, -0.2) is 0 Å². The number of nitrogens with zero attached hydrogens (tertiary/aromatic N) is 1. The van der Waals surface area contributed by atoms with E-state index in [-0.39, 0.29) is 5.54 Å². The number of unbranched alkanes of at least 4 members (excludes halogenated alkanes) is 1. The normalized spacial score (nSPS) is 14.9. The van der Waals surface area contributed by atoms with Crippen molar-refractivity contribution < 1.29 is 4.57 Å². The van der Waals surface area contributed by atoms with Crippen LogP contribution in [0, 0.1) is 0 Å². The van der Waals surface area contributed by atoms with Gasteiger partial charge in [0, 0.05) is 24.5 Å². The predicted octanol–water partition coefficient (Wildman–Crippen LogP) is 6.68. The molecule has 0 N–H and O–H groups in total. The van der Waals surface area contributed by atoms with E-state index in [0.717, 1.165) is 19.3 Å². The minimum Gasteiger partial charge on any atom is -0.188 e. The maximum atomic E-state index is 4.57. The highest BCUT2D eigenvalue weighted by Gasteiger charge is 2.47. The lowest BCUT2D eigenvalue weighted by Crippen LogP contribution is -2.59. The highest BCUT2D eigenvalue weighted by atomic mass is 15.1. The summed E-state index contributed by atoms with van der Waals surface area (Å²) in [5, 5.41) is 2.78. The van der Waals surface area contributed by atoms with Crippen molar-refractivity contribution in [1.82, 2.24) is 0 Å². The average molecular weight is 357 g/mol. The van der Waals surface area contributed by atoms with Crippen molar-refractivity contribution in [2.45, 2.75) is 58.4 Å². The summed E-state index contributed by atoms with van der Waals surface area (Å²) in [6.07, 6.45) is 8.04. The zero-order valence-electron chi connectivity index (χ0n) is 16.9. The maximum absolute atomic E-state index is 4.57. The lowest BCUT2D eigenvalue weighted by atomic mass is 9.75. The molecule has 0 bridgehead atoms. The fourth-order valence-corrected chi connectivity index (χ4v) is 4.95. The molecule has 0 saturated carbocycles. The fourth-order valence-electron chi connectivity index (χ4n) is 4.95. The molecule has 0 amide bonds. The molecule has 1 aromatic heterocycles. The minimum atomic E-state index is -0.0443. The van der Waals surface area contributed by atoms with E-state index in [0.29, 0.717) is 0 Å². The molecule has 1 nitrogen and oxygen atoms in total. The Morgan fingerprint density at radius 3 is 2.30 bits per heavy atom. The summed E-state index contributed by atoms with van der Waals surface area (Å²) in [5.41, 5.74) is 6.67.